The molecule has 152 valence electrons. The molecule has 28 heavy (non-hydrogen) atoms. The van der Waals surface area contributed by atoms with E-state index in [1.165, 1.54) is 7.11 Å². The lowest BCUT2D eigenvalue weighted by molar-refractivity contribution is -0.0639. The number of carboxylic acid groups (broad SMARTS) is 1. The molecular formula is C20H26N2O6. The summed E-state index contributed by atoms with van der Waals surface area (Å²) in [4.78, 5) is 31.1. The molecule has 1 amide bonds. The number of nitrogens with zero attached hydrogens (tertiary/aromatic N) is 2. The molecule has 1 aromatic rings. The van der Waals surface area contributed by atoms with Crippen LogP contribution in [0.5, 0.6) is 5.75 Å². The summed E-state index contributed by atoms with van der Waals surface area (Å²) in [6, 6.07) is 4.96. The van der Waals surface area contributed by atoms with Crippen molar-refractivity contribution in [2.24, 2.45) is 5.16 Å². The third kappa shape index (κ3) is 4.21. The maximum Gasteiger partial charge on any atom is 0.410 e. The number of likely N-dealkylation sites (tertiary alicyclic amines) is 1. The molecule has 1 aromatic carbocycles. The van der Waals surface area contributed by atoms with E-state index >= 15 is 0 Å². The Kier molecular flexibility index (Phi) is 5.23. The van der Waals surface area contributed by atoms with Crippen LogP contribution < -0.4 is 4.74 Å². The van der Waals surface area contributed by atoms with E-state index in [9.17, 15) is 14.7 Å². The number of piperidine rings is 1. The molecule has 1 fully saturated rings. The molecule has 3 rings (SSSR count). The SMILES string of the molecule is COc1ccc(C2=NOC3(CCN(C(=O)OC(C)(C)C)CC3)C2)cc1C(=O)O. The van der Waals surface area contributed by atoms with Crippen LogP contribution in [0.1, 0.15) is 56.0 Å². The van der Waals surface area contributed by atoms with Crippen molar-refractivity contribution in [3.63, 3.8) is 0 Å². The summed E-state index contributed by atoms with van der Waals surface area (Å²) >= 11 is 0. The number of carbonyl (C=O) groups excluding carboxylic acids is 1. The van der Waals surface area contributed by atoms with Crippen molar-refractivity contribution < 1.29 is 29.0 Å². The molecule has 1 saturated heterocycles. The number of rotatable bonds is 3. The molecule has 0 unspecified atom stereocenters. The fourth-order valence-corrected chi connectivity index (χ4v) is 3.42. The third-order valence-corrected chi connectivity index (χ3v) is 4.93. The van der Waals surface area contributed by atoms with Crippen LogP contribution in [-0.4, -0.2) is 59.2 Å². The van der Waals surface area contributed by atoms with E-state index in [2.05, 4.69) is 5.16 Å². The van der Waals surface area contributed by atoms with Crippen molar-refractivity contribution >= 4 is 17.8 Å². The Morgan fingerprint density at radius 1 is 1.25 bits per heavy atom. The van der Waals surface area contributed by atoms with Gasteiger partial charge < -0.3 is 24.3 Å². The van der Waals surface area contributed by atoms with Gasteiger partial charge >= 0.3 is 12.1 Å². The molecule has 0 aromatic heterocycles. The van der Waals surface area contributed by atoms with Crippen molar-refractivity contribution in [3.05, 3.63) is 29.3 Å². The van der Waals surface area contributed by atoms with Crippen LogP contribution in [0.2, 0.25) is 0 Å². The van der Waals surface area contributed by atoms with Gasteiger partial charge in [-0.2, -0.15) is 0 Å². The van der Waals surface area contributed by atoms with Gasteiger partial charge in [0.1, 0.15) is 22.5 Å². The summed E-state index contributed by atoms with van der Waals surface area (Å²) in [5.41, 5.74) is 0.503. The Hall–Kier alpha value is -2.77. The first-order valence-corrected chi connectivity index (χ1v) is 9.27. The first-order valence-electron chi connectivity index (χ1n) is 9.27. The van der Waals surface area contributed by atoms with E-state index < -0.39 is 17.2 Å². The second kappa shape index (κ2) is 7.33. The van der Waals surface area contributed by atoms with Gasteiger partial charge in [0.15, 0.2) is 0 Å². The number of amides is 1. The molecule has 0 radical (unpaired) electrons. The van der Waals surface area contributed by atoms with E-state index in [0.717, 1.165) is 0 Å². The quantitative estimate of drug-likeness (QED) is 0.850. The van der Waals surface area contributed by atoms with Crippen LogP contribution in [0.3, 0.4) is 0 Å². The number of aromatic carboxylic acids is 1. The highest BCUT2D eigenvalue weighted by molar-refractivity contribution is 6.04. The number of benzene rings is 1. The topological polar surface area (TPSA) is 97.7 Å². The van der Waals surface area contributed by atoms with Gasteiger partial charge in [0, 0.05) is 37.9 Å². The lowest BCUT2D eigenvalue weighted by Gasteiger charge is -2.37. The first kappa shape index (κ1) is 20.0. The normalized spacial score (nSPS) is 18.4. The smallest absolute Gasteiger partial charge is 0.410 e. The summed E-state index contributed by atoms with van der Waals surface area (Å²) in [5.74, 6) is -0.755. The molecule has 8 nitrogen and oxygen atoms in total. The molecular weight excluding hydrogens is 364 g/mol. The number of methoxy groups -OCH3 is 1. The molecule has 8 heteroatoms. The summed E-state index contributed by atoms with van der Waals surface area (Å²) in [5, 5.41) is 13.6. The van der Waals surface area contributed by atoms with Gasteiger partial charge in [0.05, 0.1) is 12.8 Å². The maximum atomic E-state index is 12.2. The lowest BCUT2D eigenvalue weighted by atomic mass is 9.85. The van der Waals surface area contributed by atoms with Crippen LogP contribution in [0.15, 0.2) is 23.4 Å². The standard InChI is InChI=1S/C20H26N2O6/c1-19(2,3)27-18(25)22-9-7-20(8-10-22)12-15(21-28-20)13-5-6-16(26-4)14(11-13)17(23)24/h5-6,11H,7-10,12H2,1-4H3,(H,23,24). The van der Waals surface area contributed by atoms with E-state index in [1.807, 2.05) is 20.8 Å². The third-order valence-electron chi connectivity index (χ3n) is 4.93. The van der Waals surface area contributed by atoms with Crippen LogP contribution in [0.4, 0.5) is 4.79 Å². The summed E-state index contributed by atoms with van der Waals surface area (Å²) in [6.07, 6.45) is 1.53. The fraction of sp³-hybridized carbons (Fsp3) is 0.550. The highest BCUT2D eigenvalue weighted by Gasteiger charge is 2.43. The van der Waals surface area contributed by atoms with Crippen molar-refractivity contribution in [1.82, 2.24) is 4.90 Å². The monoisotopic (exact) mass is 390 g/mol. The summed E-state index contributed by atoms with van der Waals surface area (Å²) < 4.78 is 10.5. The van der Waals surface area contributed by atoms with E-state index in [1.54, 1.807) is 23.1 Å². The lowest BCUT2D eigenvalue weighted by Crippen LogP contribution is -2.48. The Morgan fingerprint density at radius 2 is 1.93 bits per heavy atom. The summed E-state index contributed by atoms with van der Waals surface area (Å²) in [6.45, 7) is 6.59. The second-order valence-corrected chi connectivity index (χ2v) is 8.18. The predicted octanol–water partition coefficient (Wildman–Crippen LogP) is 3.29. The predicted molar refractivity (Wildman–Crippen MR) is 102 cm³/mol. The minimum Gasteiger partial charge on any atom is -0.496 e. The number of carboxylic acids is 1. The van der Waals surface area contributed by atoms with E-state index in [4.69, 9.17) is 14.3 Å². The molecule has 2 aliphatic rings. The number of oxime groups is 1. The molecule has 1 N–H and O–H groups in total. The Balaban J connectivity index is 1.65. The highest BCUT2D eigenvalue weighted by atomic mass is 16.7. The van der Waals surface area contributed by atoms with E-state index in [-0.39, 0.29) is 11.7 Å². The van der Waals surface area contributed by atoms with Gasteiger partial charge in [-0.15, -0.1) is 0 Å². The Bertz CT molecular complexity index is 803. The zero-order valence-corrected chi connectivity index (χ0v) is 16.7. The molecule has 0 atom stereocenters. The Labute approximate surface area is 164 Å². The van der Waals surface area contributed by atoms with E-state index in [0.29, 0.717) is 49.4 Å². The van der Waals surface area contributed by atoms with Crippen LogP contribution in [0.25, 0.3) is 0 Å². The van der Waals surface area contributed by atoms with Crippen LogP contribution >= 0.6 is 0 Å². The van der Waals surface area contributed by atoms with Crippen LogP contribution in [0, 0.1) is 0 Å². The van der Waals surface area contributed by atoms with Gasteiger partial charge in [-0.25, -0.2) is 9.59 Å². The Morgan fingerprint density at radius 3 is 2.50 bits per heavy atom. The van der Waals surface area contributed by atoms with Gasteiger partial charge in [0.25, 0.3) is 0 Å². The molecule has 0 saturated carbocycles. The molecule has 2 heterocycles. The van der Waals surface area contributed by atoms with Gasteiger partial charge in [0.2, 0.25) is 0 Å². The maximum absolute atomic E-state index is 12.2. The van der Waals surface area contributed by atoms with Crippen molar-refractivity contribution in [2.45, 2.75) is 51.2 Å². The zero-order chi connectivity index (χ0) is 20.5. The molecule has 1 spiro atoms. The highest BCUT2D eigenvalue weighted by Crippen LogP contribution is 2.37. The average molecular weight is 390 g/mol. The minimum atomic E-state index is -1.06. The molecule has 0 aliphatic carbocycles. The molecule has 0 bridgehead atoms. The fourth-order valence-electron chi connectivity index (χ4n) is 3.42. The molecule has 2 aliphatic heterocycles. The van der Waals surface area contributed by atoms with Gasteiger partial charge in [-0.1, -0.05) is 5.16 Å². The number of hydrogen-bond donors (Lipinski definition) is 1. The zero-order valence-electron chi connectivity index (χ0n) is 16.7. The van der Waals surface area contributed by atoms with Crippen LogP contribution in [-0.2, 0) is 9.57 Å². The number of carbonyl (C=O) groups is 2. The largest absolute Gasteiger partial charge is 0.496 e. The summed E-state index contributed by atoms with van der Waals surface area (Å²) in [7, 11) is 1.44. The number of ether oxygens (including phenoxy) is 2. The van der Waals surface area contributed by atoms with Gasteiger partial charge in [-0.3, -0.25) is 0 Å². The van der Waals surface area contributed by atoms with Gasteiger partial charge in [-0.05, 0) is 39.0 Å². The second-order valence-electron chi connectivity index (χ2n) is 8.18. The van der Waals surface area contributed by atoms with Crippen molar-refractivity contribution in [1.29, 1.82) is 0 Å². The number of hydrogen-bond acceptors (Lipinski definition) is 6. The van der Waals surface area contributed by atoms with Crippen molar-refractivity contribution in [3.8, 4) is 5.75 Å². The average Bonchev–Trinajstić information content (AvgIpc) is 3.03. The first-order chi connectivity index (χ1) is 13.1. The van der Waals surface area contributed by atoms with Crippen molar-refractivity contribution in [2.75, 3.05) is 20.2 Å². The minimum absolute atomic E-state index is 0.0865.